The number of anilines is 1. The predicted molar refractivity (Wildman–Crippen MR) is 91.5 cm³/mol. The minimum atomic E-state index is 0.351. The van der Waals surface area contributed by atoms with E-state index in [-0.39, 0.29) is 0 Å². The largest absolute Gasteiger partial charge is 0.497 e. The molecule has 0 bridgehead atoms. The molecule has 1 aromatic heterocycles. The highest BCUT2D eigenvalue weighted by atomic mass is 16.5. The number of nitrogens with two attached hydrogens (primary N) is 1. The van der Waals surface area contributed by atoms with Gasteiger partial charge in [0.2, 0.25) is 0 Å². The van der Waals surface area contributed by atoms with Crippen LogP contribution in [0, 0.1) is 0 Å². The SMILES string of the molecule is COc1cccc(-n2ncc(N3CCC(N)CC3)c2C2CC2)c1. The summed E-state index contributed by atoms with van der Waals surface area (Å²) in [6.45, 7) is 2.06. The maximum atomic E-state index is 6.05. The van der Waals surface area contributed by atoms with Crippen molar-refractivity contribution in [3.8, 4) is 11.4 Å². The molecule has 1 saturated heterocycles. The van der Waals surface area contributed by atoms with Gasteiger partial charge >= 0.3 is 0 Å². The third-order valence-corrected chi connectivity index (χ3v) is 4.93. The molecule has 2 aliphatic rings. The normalized spacial score (nSPS) is 19.1. The number of nitrogens with zero attached hydrogens (tertiary/aromatic N) is 3. The Balaban J connectivity index is 1.70. The summed E-state index contributed by atoms with van der Waals surface area (Å²) in [4.78, 5) is 2.46. The van der Waals surface area contributed by atoms with Crippen molar-refractivity contribution in [2.45, 2.75) is 37.6 Å². The van der Waals surface area contributed by atoms with Crippen LogP contribution in [0.4, 0.5) is 5.69 Å². The highest BCUT2D eigenvalue weighted by Crippen LogP contribution is 2.45. The van der Waals surface area contributed by atoms with Crippen molar-refractivity contribution in [2.24, 2.45) is 5.73 Å². The standard InChI is InChI=1S/C18H24N4O/c1-23-16-4-2-3-15(11-16)22-18(13-5-6-13)17(12-20-22)21-9-7-14(19)8-10-21/h2-4,11-14H,5-10,19H2,1H3. The summed E-state index contributed by atoms with van der Waals surface area (Å²) in [5, 5.41) is 4.71. The number of hydrogen-bond donors (Lipinski definition) is 1. The van der Waals surface area contributed by atoms with Gasteiger partial charge in [-0.1, -0.05) is 6.07 Å². The van der Waals surface area contributed by atoms with Crippen molar-refractivity contribution in [3.63, 3.8) is 0 Å². The Morgan fingerprint density at radius 2 is 1.96 bits per heavy atom. The minimum absolute atomic E-state index is 0.351. The summed E-state index contributed by atoms with van der Waals surface area (Å²) in [5.74, 6) is 1.50. The molecule has 4 rings (SSSR count). The second kappa shape index (κ2) is 5.89. The van der Waals surface area contributed by atoms with Crippen LogP contribution >= 0.6 is 0 Å². The van der Waals surface area contributed by atoms with Gasteiger partial charge in [0.15, 0.2) is 0 Å². The number of rotatable bonds is 4. The summed E-state index contributed by atoms with van der Waals surface area (Å²) in [5.41, 5.74) is 9.78. The average Bonchev–Trinajstić information content (AvgIpc) is 3.34. The molecule has 2 N–H and O–H groups in total. The van der Waals surface area contributed by atoms with Gasteiger partial charge in [0.05, 0.1) is 30.4 Å². The average molecular weight is 312 g/mol. The number of aromatic nitrogens is 2. The van der Waals surface area contributed by atoms with Gasteiger partial charge in [-0.3, -0.25) is 0 Å². The van der Waals surface area contributed by atoms with Crippen LogP contribution < -0.4 is 15.4 Å². The van der Waals surface area contributed by atoms with E-state index >= 15 is 0 Å². The van der Waals surface area contributed by atoms with Crippen molar-refractivity contribution in [1.82, 2.24) is 9.78 Å². The first-order valence-corrected chi connectivity index (χ1v) is 8.49. The topological polar surface area (TPSA) is 56.3 Å². The fraction of sp³-hybridized carbons (Fsp3) is 0.500. The van der Waals surface area contributed by atoms with E-state index in [9.17, 15) is 0 Å². The smallest absolute Gasteiger partial charge is 0.121 e. The van der Waals surface area contributed by atoms with Crippen LogP contribution in [0.3, 0.4) is 0 Å². The second-order valence-corrected chi connectivity index (χ2v) is 6.63. The summed E-state index contributed by atoms with van der Waals surface area (Å²) >= 11 is 0. The van der Waals surface area contributed by atoms with Crippen molar-refractivity contribution < 1.29 is 4.74 Å². The Bertz CT molecular complexity index is 684. The zero-order valence-corrected chi connectivity index (χ0v) is 13.6. The quantitative estimate of drug-likeness (QED) is 0.943. The van der Waals surface area contributed by atoms with Crippen LogP contribution in [0.25, 0.3) is 5.69 Å². The van der Waals surface area contributed by atoms with Gasteiger partial charge in [-0.15, -0.1) is 0 Å². The lowest BCUT2D eigenvalue weighted by Crippen LogP contribution is -2.39. The van der Waals surface area contributed by atoms with Gasteiger partial charge in [-0.25, -0.2) is 4.68 Å². The summed E-state index contributed by atoms with van der Waals surface area (Å²) in [6.07, 6.45) is 6.68. The monoisotopic (exact) mass is 312 g/mol. The second-order valence-electron chi connectivity index (χ2n) is 6.63. The molecule has 5 nitrogen and oxygen atoms in total. The molecule has 0 radical (unpaired) electrons. The lowest BCUT2D eigenvalue weighted by atomic mass is 10.1. The number of ether oxygens (including phenoxy) is 1. The van der Waals surface area contributed by atoms with Crippen LogP contribution in [0.1, 0.15) is 37.3 Å². The van der Waals surface area contributed by atoms with Crippen LogP contribution in [0.2, 0.25) is 0 Å². The molecule has 2 aromatic rings. The summed E-state index contributed by atoms with van der Waals surface area (Å²) in [7, 11) is 1.70. The van der Waals surface area contributed by atoms with Crippen LogP contribution in [-0.2, 0) is 0 Å². The van der Waals surface area contributed by atoms with Gasteiger partial charge in [0.1, 0.15) is 5.75 Å². The first kappa shape index (κ1) is 14.6. The molecular formula is C18H24N4O. The Morgan fingerprint density at radius 3 is 2.65 bits per heavy atom. The Morgan fingerprint density at radius 1 is 1.17 bits per heavy atom. The summed E-state index contributed by atoms with van der Waals surface area (Å²) < 4.78 is 7.46. The molecule has 0 atom stereocenters. The van der Waals surface area contributed by atoms with Gasteiger partial charge < -0.3 is 15.4 Å². The molecule has 1 aromatic carbocycles. The number of hydrogen-bond acceptors (Lipinski definition) is 4. The first-order chi connectivity index (χ1) is 11.3. The van der Waals surface area contributed by atoms with E-state index in [1.807, 2.05) is 18.3 Å². The molecule has 1 saturated carbocycles. The molecule has 1 aliphatic heterocycles. The zero-order valence-electron chi connectivity index (χ0n) is 13.6. The van der Waals surface area contributed by atoms with E-state index in [4.69, 9.17) is 15.6 Å². The molecule has 1 aliphatic carbocycles. The molecule has 122 valence electrons. The van der Waals surface area contributed by atoms with E-state index in [0.29, 0.717) is 12.0 Å². The molecule has 2 fully saturated rings. The molecular weight excluding hydrogens is 288 g/mol. The molecule has 23 heavy (non-hydrogen) atoms. The Hall–Kier alpha value is -2.01. The highest BCUT2D eigenvalue weighted by Gasteiger charge is 2.33. The maximum absolute atomic E-state index is 6.05. The van der Waals surface area contributed by atoms with Crippen molar-refractivity contribution in [1.29, 1.82) is 0 Å². The molecule has 2 heterocycles. The van der Waals surface area contributed by atoms with Crippen LogP contribution in [0.15, 0.2) is 30.5 Å². The Kier molecular flexibility index (Phi) is 3.73. The number of methoxy groups -OCH3 is 1. The fourth-order valence-corrected chi connectivity index (χ4v) is 3.42. The summed E-state index contributed by atoms with van der Waals surface area (Å²) in [6, 6.07) is 8.48. The maximum Gasteiger partial charge on any atom is 0.121 e. The van der Waals surface area contributed by atoms with Crippen molar-refractivity contribution in [2.75, 3.05) is 25.1 Å². The first-order valence-electron chi connectivity index (χ1n) is 8.49. The van der Waals surface area contributed by atoms with Gasteiger partial charge in [-0.05, 0) is 37.8 Å². The third-order valence-electron chi connectivity index (χ3n) is 4.93. The molecule has 0 amide bonds. The molecule has 0 spiro atoms. The molecule has 0 unspecified atom stereocenters. The van der Waals surface area contributed by atoms with Gasteiger partial charge in [0.25, 0.3) is 0 Å². The molecule has 5 heteroatoms. The predicted octanol–water partition coefficient (Wildman–Crippen LogP) is 2.69. The fourth-order valence-electron chi connectivity index (χ4n) is 3.42. The van der Waals surface area contributed by atoms with E-state index in [1.54, 1.807) is 7.11 Å². The van der Waals surface area contributed by atoms with E-state index < -0.39 is 0 Å². The van der Waals surface area contributed by atoms with Crippen LogP contribution in [0.5, 0.6) is 5.75 Å². The minimum Gasteiger partial charge on any atom is -0.497 e. The van der Waals surface area contributed by atoms with E-state index in [2.05, 4.69) is 21.7 Å². The highest BCUT2D eigenvalue weighted by molar-refractivity contribution is 5.56. The van der Waals surface area contributed by atoms with E-state index in [0.717, 1.165) is 37.4 Å². The van der Waals surface area contributed by atoms with Crippen molar-refractivity contribution >= 4 is 5.69 Å². The van der Waals surface area contributed by atoms with E-state index in [1.165, 1.54) is 24.2 Å². The van der Waals surface area contributed by atoms with Crippen LogP contribution in [-0.4, -0.2) is 36.0 Å². The third kappa shape index (κ3) is 2.81. The number of piperidine rings is 1. The van der Waals surface area contributed by atoms with Gasteiger partial charge in [0, 0.05) is 31.1 Å². The van der Waals surface area contributed by atoms with Crippen molar-refractivity contribution in [3.05, 3.63) is 36.2 Å². The number of benzene rings is 1. The lowest BCUT2D eigenvalue weighted by molar-refractivity contribution is 0.414. The zero-order chi connectivity index (χ0) is 15.8. The lowest BCUT2D eigenvalue weighted by Gasteiger charge is -2.32. The van der Waals surface area contributed by atoms with Gasteiger partial charge in [-0.2, -0.15) is 5.10 Å². The Labute approximate surface area is 137 Å².